The number of hydrogen-bond acceptors (Lipinski definition) is 5. The molecule has 0 radical (unpaired) electrons. The number of rotatable bonds is 4. The minimum atomic E-state index is -0.367. The smallest absolute Gasteiger partial charge is 0.302 e. The number of esters is 1. The van der Waals surface area contributed by atoms with Crippen LogP contribution in [0.3, 0.4) is 0 Å². The van der Waals surface area contributed by atoms with Gasteiger partial charge in [0, 0.05) is 32.3 Å². The van der Waals surface area contributed by atoms with Crippen LogP contribution in [0, 0.1) is 5.41 Å². The van der Waals surface area contributed by atoms with Crippen molar-refractivity contribution in [2.75, 3.05) is 32.2 Å². The van der Waals surface area contributed by atoms with Gasteiger partial charge in [0.1, 0.15) is 6.10 Å². The fraction of sp³-hybridized carbons (Fsp3) is 0.588. The quantitative estimate of drug-likeness (QED) is 0.801. The van der Waals surface area contributed by atoms with Gasteiger partial charge in [-0.25, -0.2) is 0 Å². The molecule has 1 aromatic rings. The van der Waals surface area contributed by atoms with Gasteiger partial charge in [0.2, 0.25) is 0 Å². The van der Waals surface area contributed by atoms with Crippen LogP contribution in [0.2, 0.25) is 0 Å². The summed E-state index contributed by atoms with van der Waals surface area (Å²) >= 11 is 0. The molecule has 0 spiro atoms. The maximum Gasteiger partial charge on any atom is 0.302 e. The van der Waals surface area contributed by atoms with E-state index in [1.165, 1.54) is 6.92 Å². The summed E-state index contributed by atoms with van der Waals surface area (Å²) < 4.78 is 17.0. The average molecular weight is 307 g/mol. The molecule has 0 N–H and O–H groups in total. The van der Waals surface area contributed by atoms with Crippen LogP contribution in [0.4, 0.5) is 5.69 Å². The second-order valence-corrected chi connectivity index (χ2v) is 6.35. The number of anilines is 1. The van der Waals surface area contributed by atoms with E-state index in [4.69, 9.17) is 14.2 Å². The van der Waals surface area contributed by atoms with Crippen LogP contribution in [0.5, 0.6) is 0 Å². The van der Waals surface area contributed by atoms with E-state index in [2.05, 4.69) is 0 Å². The standard InChI is InChI=1S/C17H25NO4/c1-12(22-13(2)19)17(3)10-20-16(21-11-17)14-6-8-15(9-7-14)18(4)5/h6-9,12,16H,10-11H2,1-5H3. The molecule has 122 valence electrons. The molecule has 5 heteroatoms. The van der Waals surface area contributed by atoms with E-state index < -0.39 is 0 Å². The van der Waals surface area contributed by atoms with Crippen molar-refractivity contribution in [1.82, 2.24) is 0 Å². The van der Waals surface area contributed by atoms with Crippen LogP contribution in [0.1, 0.15) is 32.6 Å². The summed E-state index contributed by atoms with van der Waals surface area (Å²) in [7, 11) is 4.01. The van der Waals surface area contributed by atoms with E-state index in [0.29, 0.717) is 13.2 Å². The Morgan fingerprint density at radius 1 is 1.27 bits per heavy atom. The lowest BCUT2D eigenvalue weighted by atomic mass is 9.86. The maximum absolute atomic E-state index is 11.1. The molecular weight excluding hydrogens is 282 g/mol. The van der Waals surface area contributed by atoms with E-state index in [0.717, 1.165) is 11.3 Å². The molecular formula is C17H25NO4. The topological polar surface area (TPSA) is 48.0 Å². The van der Waals surface area contributed by atoms with Gasteiger partial charge in [0.15, 0.2) is 6.29 Å². The molecule has 1 aliphatic heterocycles. The highest BCUT2D eigenvalue weighted by atomic mass is 16.7. The van der Waals surface area contributed by atoms with Crippen molar-refractivity contribution in [2.45, 2.75) is 33.2 Å². The molecule has 1 fully saturated rings. The second kappa shape index (κ2) is 6.67. The van der Waals surface area contributed by atoms with Crippen molar-refractivity contribution in [1.29, 1.82) is 0 Å². The third kappa shape index (κ3) is 3.78. The summed E-state index contributed by atoms with van der Waals surface area (Å²) in [5.41, 5.74) is 1.80. The number of carbonyl (C=O) groups excluding carboxylic acids is 1. The number of ether oxygens (including phenoxy) is 3. The van der Waals surface area contributed by atoms with Gasteiger partial charge in [-0.05, 0) is 19.1 Å². The minimum absolute atomic E-state index is 0.248. The zero-order valence-electron chi connectivity index (χ0n) is 14.0. The third-order valence-corrected chi connectivity index (χ3v) is 4.13. The Hall–Kier alpha value is -1.59. The Morgan fingerprint density at radius 2 is 1.82 bits per heavy atom. The summed E-state index contributed by atoms with van der Waals surface area (Å²) in [6.45, 7) is 6.27. The van der Waals surface area contributed by atoms with Gasteiger partial charge in [0.25, 0.3) is 0 Å². The van der Waals surface area contributed by atoms with Crippen LogP contribution in [0.15, 0.2) is 24.3 Å². The first-order valence-electron chi connectivity index (χ1n) is 7.49. The summed E-state index contributed by atoms with van der Waals surface area (Å²) in [6, 6.07) is 8.10. The highest BCUT2D eigenvalue weighted by Gasteiger charge is 2.39. The molecule has 0 aromatic heterocycles. The fourth-order valence-corrected chi connectivity index (χ4v) is 2.37. The molecule has 2 rings (SSSR count). The van der Waals surface area contributed by atoms with Crippen LogP contribution < -0.4 is 4.90 Å². The first kappa shape index (κ1) is 16.8. The van der Waals surface area contributed by atoms with Gasteiger partial charge in [-0.3, -0.25) is 4.79 Å². The molecule has 0 aliphatic carbocycles. The zero-order valence-corrected chi connectivity index (χ0v) is 14.0. The van der Waals surface area contributed by atoms with Gasteiger partial charge in [0.05, 0.1) is 18.6 Å². The fourth-order valence-electron chi connectivity index (χ4n) is 2.37. The lowest BCUT2D eigenvalue weighted by Gasteiger charge is -2.40. The van der Waals surface area contributed by atoms with Gasteiger partial charge in [-0.15, -0.1) is 0 Å². The van der Waals surface area contributed by atoms with E-state index in [9.17, 15) is 4.79 Å². The average Bonchev–Trinajstić information content (AvgIpc) is 2.47. The van der Waals surface area contributed by atoms with E-state index in [-0.39, 0.29) is 23.8 Å². The van der Waals surface area contributed by atoms with E-state index in [1.807, 2.05) is 57.1 Å². The molecule has 0 bridgehead atoms. The van der Waals surface area contributed by atoms with Crippen LogP contribution >= 0.6 is 0 Å². The predicted octanol–water partition coefficient (Wildman–Crippen LogP) is 2.76. The minimum Gasteiger partial charge on any atom is -0.462 e. The largest absolute Gasteiger partial charge is 0.462 e. The summed E-state index contributed by atoms with van der Waals surface area (Å²) in [4.78, 5) is 13.1. The summed E-state index contributed by atoms with van der Waals surface area (Å²) in [6.07, 6.45) is -0.615. The Labute approximate surface area is 132 Å². The van der Waals surface area contributed by atoms with Crippen LogP contribution in [-0.4, -0.2) is 39.4 Å². The second-order valence-electron chi connectivity index (χ2n) is 6.35. The highest BCUT2D eigenvalue weighted by Crippen LogP contribution is 2.35. The monoisotopic (exact) mass is 307 g/mol. The first-order valence-corrected chi connectivity index (χ1v) is 7.49. The van der Waals surface area contributed by atoms with Crippen LogP contribution in [-0.2, 0) is 19.0 Å². The van der Waals surface area contributed by atoms with E-state index >= 15 is 0 Å². The number of nitrogens with zero attached hydrogens (tertiary/aromatic N) is 1. The predicted molar refractivity (Wildman–Crippen MR) is 84.7 cm³/mol. The number of benzene rings is 1. The van der Waals surface area contributed by atoms with Crippen molar-refractivity contribution in [3.63, 3.8) is 0 Å². The van der Waals surface area contributed by atoms with E-state index in [1.54, 1.807) is 0 Å². The molecule has 5 nitrogen and oxygen atoms in total. The molecule has 0 saturated carbocycles. The van der Waals surface area contributed by atoms with Crippen molar-refractivity contribution < 1.29 is 19.0 Å². The van der Waals surface area contributed by atoms with Gasteiger partial charge in [-0.2, -0.15) is 0 Å². The lowest BCUT2D eigenvalue weighted by molar-refractivity contribution is -0.250. The summed E-state index contributed by atoms with van der Waals surface area (Å²) in [5.74, 6) is -0.282. The molecule has 1 unspecified atom stereocenters. The van der Waals surface area contributed by atoms with Gasteiger partial charge < -0.3 is 19.1 Å². The van der Waals surface area contributed by atoms with Crippen molar-refractivity contribution in [3.05, 3.63) is 29.8 Å². The SMILES string of the molecule is CC(=O)OC(C)C1(C)COC(c2ccc(N(C)C)cc2)OC1. The molecule has 1 aliphatic rings. The Morgan fingerprint density at radius 3 is 2.27 bits per heavy atom. The molecule has 1 saturated heterocycles. The lowest BCUT2D eigenvalue weighted by Crippen LogP contribution is -2.45. The van der Waals surface area contributed by atoms with Crippen molar-refractivity contribution in [2.24, 2.45) is 5.41 Å². The molecule has 1 aromatic carbocycles. The molecule has 1 heterocycles. The third-order valence-electron chi connectivity index (χ3n) is 4.13. The highest BCUT2D eigenvalue weighted by molar-refractivity contribution is 5.66. The number of hydrogen-bond donors (Lipinski definition) is 0. The molecule has 0 amide bonds. The van der Waals surface area contributed by atoms with Crippen LogP contribution in [0.25, 0.3) is 0 Å². The maximum atomic E-state index is 11.1. The normalized spacial score (nSPS) is 26.3. The first-order chi connectivity index (χ1) is 10.3. The van der Waals surface area contributed by atoms with Crippen molar-refractivity contribution >= 4 is 11.7 Å². The Bertz CT molecular complexity index is 504. The Kier molecular flexibility index (Phi) is 5.08. The Balaban J connectivity index is 1.98. The van der Waals surface area contributed by atoms with Gasteiger partial charge in [-0.1, -0.05) is 19.1 Å². The number of carbonyl (C=O) groups is 1. The summed E-state index contributed by atoms with van der Waals surface area (Å²) in [5, 5.41) is 0. The van der Waals surface area contributed by atoms with Gasteiger partial charge >= 0.3 is 5.97 Å². The molecule has 22 heavy (non-hydrogen) atoms. The zero-order chi connectivity index (χ0) is 16.3. The van der Waals surface area contributed by atoms with Crippen molar-refractivity contribution in [3.8, 4) is 0 Å². The molecule has 1 atom stereocenters.